The van der Waals surface area contributed by atoms with Crippen LogP contribution >= 0.6 is 0 Å². The zero-order valence-electron chi connectivity index (χ0n) is 19.8. The third kappa shape index (κ3) is 4.45. The van der Waals surface area contributed by atoms with Crippen molar-refractivity contribution >= 4 is 26.6 Å². The van der Waals surface area contributed by atoms with E-state index in [2.05, 4.69) is 45.7 Å². The Morgan fingerprint density at radius 2 is 1.71 bits per heavy atom. The number of benzene rings is 2. The van der Waals surface area contributed by atoms with Crippen LogP contribution in [0.5, 0.6) is 0 Å². The first-order valence-electron chi connectivity index (χ1n) is 11.6. The van der Waals surface area contributed by atoms with Crippen LogP contribution in [0, 0.1) is 6.92 Å². The molecule has 2 aromatic heterocycles. The van der Waals surface area contributed by atoms with Crippen molar-refractivity contribution in [3.63, 3.8) is 0 Å². The number of fused-ring (bicyclic) bond motifs is 1. The quantitative estimate of drug-likeness (QED) is 0.440. The van der Waals surface area contributed by atoms with Gasteiger partial charge in [-0.3, -0.25) is 4.90 Å². The lowest BCUT2D eigenvalue weighted by molar-refractivity contribution is 0.247. The van der Waals surface area contributed by atoms with E-state index in [1.807, 2.05) is 6.07 Å². The van der Waals surface area contributed by atoms with Gasteiger partial charge in [0.1, 0.15) is 17.2 Å². The number of anilines is 1. The number of imidazole rings is 2. The highest BCUT2D eigenvalue weighted by Crippen LogP contribution is 2.29. The molecule has 8 nitrogen and oxygen atoms in total. The summed E-state index contributed by atoms with van der Waals surface area (Å²) in [7, 11) is -3.22. The fourth-order valence-corrected chi connectivity index (χ4v) is 5.14. The second-order valence-corrected chi connectivity index (χ2v) is 10.9. The minimum Gasteiger partial charge on any atom is -0.367 e. The standard InChI is InChI=1S/C25H30N6O2S/c1-4-23-26-17(2)21(27-23)16-30-12-14-31(15-13-30)22-7-5-6-20-24(22)29-25(28-20)18-8-10-19(11-9-18)34(3,32)33/h5-11H,4,12-16H2,1-3H3,(H,26,27)(H,28,29). The maximum atomic E-state index is 11.8. The Balaban J connectivity index is 1.33. The van der Waals surface area contributed by atoms with E-state index in [1.165, 1.54) is 6.26 Å². The molecule has 1 aliphatic heterocycles. The summed E-state index contributed by atoms with van der Waals surface area (Å²) in [4.78, 5) is 21.5. The highest BCUT2D eigenvalue weighted by Gasteiger charge is 2.21. The molecule has 34 heavy (non-hydrogen) atoms. The van der Waals surface area contributed by atoms with Crippen LogP contribution in [0.3, 0.4) is 0 Å². The summed E-state index contributed by atoms with van der Waals surface area (Å²) < 4.78 is 23.5. The molecule has 1 fully saturated rings. The second kappa shape index (κ2) is 8.88. The van der Waals surface area contributed by atoms with Gasteiger partial charge in [-0.25, -0.2) is 18.4 Å². The summed E-state index contributed by atoms with van der Waals surface area (Å²) in [6.45, 7) is 8.87. The lowest BCUT2D eigenvalue weighted by Crippen LogP contribution is -2.46. The Morgan fingerprint density at radius 3 is 2.35 bits per heavy atom. The molecule has 1 aliphatic rings. The maximum Gasteiger partial charge on any atom is 0.175 e. The smallest absolute Gasteiger partial charge is 0.175 e. The zero-order chi connectivity index (χ0) is 23.9. The molecule has 5 rings (SSSR count). The number of H-pyrrole nitrogens is 2. The molecule has 0 saturated carbocycles. The number of piperazine rings is 1. The molecule has 1 saturated heterocycles. The molecule has 0 atom stereocenters. The third-order valence-electron chi connectivity index (χ3n) is 6.50. The van der Waals surface area contributed by atoms with Crippen molar-refractivity contribution in [1.29, 1.82) is 0 Å². The number of nitrogens with one attached hydrogen (secondary N) is 2. The Morgan fingerprint density at radius 1 is 0.971 bits per heavy atom. The predicted octanol–water partition coefficient (Wildman–Crippen LogP) is 3.55. The topological polar surface area (TPSA) is 98.0 Å². The van der Waals surface area contributed by atoms with Gasteiger partial charge in [-0.1, -0.05) is 13.0 Å². The molecule has 2 aromatic carbocycles. The molecule has 0 bridgehead atoms. The normalized spacial score (nSPS) is 15.3. The summed E-state index contributed by atoms with van der Waals surface area (Å²) in [6, 6.07) is 13.1. The number of aryl methyl sites for hydroxylation is 2. The van der Waals surface area contributed by atoms with E-state index in [0.29, 0.717) is 4.90 Å². The van der Waals surface area contributed by atoms with Gasteiger partial charge in [0.25, 0.3) is 0 Å². The van der Waals surface area contributed by atoms with E-state index in [9.17, 15) is 8.42 Å². The van der Waals surface area contributed by atoms with Gasteiger partial charge in [-0.05, 0) is 43.3 Å². The first kappa shape index (κ1) is 22.6. The summed E-state index contributed by atoms with van der Waals surface area (Å²) >= 11 is 0. The van der Waals surface area contributed by atoms with Gasteiger partial charge in [0.15, 0.2) is 9.84 Å². The number of hydrogen-bond acceptors (Lipinski definition) is 6. The molecule has 4 aromatic rings. The highest BCUT2D eigenvalue weighted by molar-refractivity contribution is 7.90. The summed E-state index contributed by atoms with van der Waals surface area (Å²) in [5, 5.41) is 0. The van der Waals surface area contributed by atoms with Crippen molar-refractivity contribution in [2.24, 2.45) is 0 Å². The van der Waals surface area contributed by atoms with E-state index < -0.39 is 9.84 Å². The molecule has 0 unspecified atom stereocenters. The average Bonchev–Trinajstić information content (AvgIpc) is 3.42. The van der Waals surface area contributed by atoms with Crippen LogP contribution in [0.2, 0.25) is 0 Å². The fraction of sp³-hybridized carbons (Fsp3) is 0.360. The first-order chi connectivity index (χ1) is 16.3. The van der Waals surface area contributed by atoms with Crippen LogP contribution < -0.4 is 4.90 Å². The van der Waals surface area contributed by atoms with Crippen molar-refractivity contribution in [1.82, 2.24) is 24.8 Å². The molecule has 0 aliphatic carbocycles. The lowest BCUT2D eigenvalue weighted by Gasteiger charge is -2.36. The van der Waals surface area contributed by atoms with Crippen LogP contribution in [0.15, 0.2) is 47.4 Å². The van der Waals surface area contributed by atoms with Gasteiger partial charge >= 0.3 is 0 Å². The fourth-order valence-electron chi connectivity index (χ4n) is 4.51. The third-order valence-corrected chi connectivity index (χ3v) is 7.63. The van der Waals surface area contributed by atoms with Crippen molar-refractivity contribution < 1.29 is 8.42 Å². The van der Waals surface area contributed by atoms with Crippen LogP contribution in [0.1, 0.15) is 24.1 Å². The maximum absolute atomic E-state index is 11.8. The molecule has 9 heteroatoms. The Hall–Kier alpha value is -3.17. The summed E-state index contributed by atoms with van der Waals surface area (Å²) in [6.07, 6.45) is 2.14. The Kier molecular flexibility index (Phi) is 5.91. The largest absolute Gasteiger partial charge is 0.367 e. The Bertz CT molecular complexity index is 1410. The van der Waals surface area contributed by atoms with Gasteiger partial charge in [0.2, 0.25) is 0 Å². The number of sulfone groups is 1. The number of rotatable bonds is 6. The van der Waals surface area contributed by atoms with E-state index in [1.54, 1.807) is 24.3 Å². The SMILES string of the molecule is CCc1nc(CN2CCN(c3cccc4[nH]c(-c5ccc(S(C)(=O)=O)cc5)nc34)CC2)c(C)[nH]1. The van der Waals surface area contributed by atoms with E-state index in [4.69, 9.17) is 9.97 Å². The second-order valence-electron chi connectivity index (χ2n) is 8.93. The average molecular weight is 479 g/mol. The molecular formula is C25H30N6O2S. The Labute approximate surface area is 200 Å². The zero-order valence-corrected chi connectivity index (χ0v) is 20.6. The number of hydrogen-bond donors (Lipinski definition) is 2. The molecule has 0 amide bonds. The molecule has 178 valence electrons. The monoisotopic (exact) mass is 478 g/mol. The molecule has 3 heterocycles. The van der Waals surface area contributed by atoms with Gasteiger partial charge in [0, 0.05) is 56.7 Å². The highest BCUT2D eigenvalue weighted by atomic mass is 32.2. The molecular weight excluding hydrogens is 448 g/mol. The van der Waals surface area contributed by atoms with E-state index >= 15 is 0 Å². The number of para-hydroxylation sites is 1. The molecule has 2 N–H and O–H groups in total. The number of nitrogens with zero attached hydrogens (tertiary/aromatic N) is 4. The van der Waals surface area contributed by atoms with Gasteiger partial charge in [-0.15, -0.1) is 0 Å². The summed E-state index contributed by atoms with van der Waals surface area (Å²) in [5.74, 6) is 1.79. The van der Waals surface area contributed by atoms with E-state index in [0.717, 1.165) is 84.5 Å². The minimum atomic E-state index is -3.22. The van der Waals surface area contributed by atoms with Gasteiger partial charge in [0.05, 0.1) is 21.8 Å². The molecule has 0 radical (unpaired) electrons. The van der Waals surface area contributed by atoms with Crippen molar-refractivity contribution in [2.45, 2.75) is 31.7 Å². The minimum absolute atomic E-state index is 0.307. The number of aromatic nitrogens is 4. The lowest BCUT2D eigenvalue weighted by atomic mass is 10.2. The van der Waals surface area contributed by atoms with Gasteiger partial charge < -0.3 is 14.9 Å². The predicted molar refractivity (Wildman–Crippen MR) is 135 cm³/mol. The van der Waals surface area contributed by atoms with Crippen LogP contribution in [-0.2, 0) is 22.8 Å². The van der Waals surface area contributed by atoms with E-state index in [-0.39, 0.29) is 0 Å². The van der Waals surface area contributed by atoms with Gasteiger partial charge in [-0.2, -0.15) is 0 Å². The van der Waals surface area contributed by atoms with Crippen LogP contribution in [0.4, 0.5) is 5.69 Å². The number of aromatic amines is 2. The summed E-state index contributed by atoms with van der Waals surface area (Å²) in [5.41, 5.74) is 6.20. The van der Waals surface area contributed by atoms with Crippen LogP contribution in [-0.4, -0.2) is 65.7 Å². The first-order valence-corrected chi connectivity index (χ1v) is 13.5. The van der Waals surface area contributed by atoms with Crippen molar-refractivity contribution in [2.75, 3.05) is 37.3 Å². The van der Waals surface area contributed by atoms with Crippen molar-refractivity contribution in [3.05, 3.63) is 59.7 Å². The van der Waals surface area contributed by atoms with Crippen molar-refractivity contribution in [3.8, 4) is 11.4 Å². The van der Waals surface area contributed by atoms with Crippen LogP contribution in [0.25, 0.3) is 22.4 Å². The molecule has 0 spiro atoms.